The summed E-state index contributed by atoms with van der Waals surface area (Å²) in [6.45, 7) is 6.91. The molecule has 1 aromatic heterocycles. The van der Waals surface area contributed by atoms with Crippen LogP contribution in [-0.2, 0) is 9.47 Å². The van der Waals surface area contributed by atoms with Gasteiger partial charge < -0.3 is 15.2 Å². The number of aromatic amines is 1. The highest BCUT2D eigenvalue weighted by molar-refractivity contribution is 5.69. The molecule has 0 unspecified atom stereocenters. The normalized spacial score (nSPS) is 20.4. The van der Waals surface area contributed by atoms with E-state index in [0.717, 1.165) is 5.69 Å². The van der Waals surface area contributed by atoms with Crippen LogP contribution in [0.4, 0.5) is 10.6 Å². The van der Waals surface area contributed by atoms with E-state index in [1.165, 1.54) is 0 Å². The SMILES string of the molecule is CC(C)(C)OC(=O)N1CCOC[C@H]1c1cc(N)n[nH]1. The van der Waals surface area contributed by atoms with Crippen molar-refractivity contribution in [3.63, 3.8) is 0 Å². The number of carbonyl (C=O) groups is 1. The molecule has 1 fully saturated rings. The summed E-state index contributed by atoms with van der Waals surface area (Å²) in [5.41, 5.74) is 5.82. The molecule has 2 heterocycles. The Labute approximate surface area is 112 Å². The smallest absolute Gasteiger partial charge is 0.411 e. The summed E-state index contributed by atoms with van der Waals surface area (Å²) in [4.78, 5) is 13.8. The van der Waals surface area contributed by atoms with Crippen LogP contribution in [0.15, 0.2) is 6.07 Å². The highest BCUT2D eigenvalue weighted by Gasteiger charge is 2.33. The molecular weight excluding hydrogens is 248 g/mol. The van der Waals surface area contributed by atoms with Gasteiger partial charge >= 0.3 is 6.09 Å². The molecule has 3 N–H and O–H groups in total. The van der Waals surface area contributed by atoms with E-state index in [1.807, 2.05) is 20.8 Å². The Bertz CT molecular complexity index is 452. The van der Waals surface area contributed by atoms with Gasteiger partial charge in [0.25, 0.3) is 0 Å². The lowest BCUT2D eigenvalue weighted by atomic mass is 10.1. The third-order valence-corrected chi connectivity index (χ3v) is 2.73. The van der Waals surface area contributed by atoms with Gasteiger partial charge in [-0.3, -0.25) is 10.00 Å². The molecule has 2 rings (SSSR count). The van der Waals surface area contributed by atoms with Crippen LogP contribution in [0.2, 0.25) is 0 Å². The summed E-state index contributed by atoms with van der Waals surface area (Å²) in [5, 5.41) is 6.70. The first-order valence-corrected chi connectivity index (χ1v) is 6.25. The lowest BCUT2D eigenvalue weighted by Crippen LogP contribution is -2.45. The quantitative estimate of drug-likeness (QED) is 0.800. The molecule has 1 aliphatic rings. The van der Waals surface area contributed by atoms with Crippen molar-refractivity contribution >= 4 is 11.9 Å². The van der Waals surface area contributed by atoms with Crippen LogP contribution in [0, 0.1) is 0 Å². The van der Waals surface area contributed by atoms with Crippen LogP contribution in [0.25, 0.3) is 0 Å². The topological polar surface area (TPSA) is 93.5 Å². The number of hydrogen-bond donors (Lipinski definition) is 2. The van der Waals surface area contributed by atoms with Gasteiger partial charge in [-0.25, -0.2) is 4.79 Å². The minimum atomic E-state index is -0.521. The van der Waals surface area contributed by atoms with Crippen molar-refractivity contribution in [3.05, 3.63) is 11.8 Å². The van der Waals surface area contributed by atoms with Crippen molar-refractivity contribution in [1.29, 1.82) is 0 Å². The summed E-state index contributed by atoms with van der Waals surface area (Å²) in [5.74, 6) is 0.393. The first-order chi connectivity index (χ1) is 8.87. The molecule has 0 saturated carbocycles. The first-order valence-electron chi connectivity index (χ1n) is 6.25. The van der Waals surface area contributed by atoms with Gasteiger partial charge in [0, 0.05) is 12.6 Å². The number of nitrogens with zero attached hydrogens (tertiary/aromatic N) is 2. The van der Waals surface area contributed by atoms with E-state index >= 15 is 0 Å². The molecule has 1 aromatic rings. The van der Waals surface area contributed by atoms with Gasteiger partial charge in [0.05, 0.1) is 18.9 Å². The highest BCUT2D eigenvalue weighted by Crippen LogP contribution is 2.25. The molecule has 0 radical (unpaired) electrons. The second-order valence-electron chi connectivity index (χ2n) is 5.51. The molecule has 0 spiro atoms. The van der Waals surface area contributed by atoms with E-state index in [4.69, 9.17) is 15.2 Å². The molecule has 1 atom stereocenters. The van der Waals surface area contributed by atoms with Crippen LogP contribution in [-0.4, -0.2) is 46.6 Å². The summed E-state index contributed by atoms with van der Waals surface area (Å²) in [6.07, 6.45) is -0.353. The number of aromatic nitrogens is 2. The van der Waals surface area contributed by atoms with E-state index in [0.29, 0.717) is 25.6 Å². The number of ether oxygens (including phenoxy) is 2. The van der Waals surface area contributed by atoms with Gasteiger partial charge in [0.1, 0.15) is 17.5 Å². The lowest BCUT2D eigenvalue weighted by Gasteiger charge is -2.35. The molecule has 0 bridgehead atoms. The second kappa shape index (κ2) is 5.08. The molecule has 7 heteroatoms. The van der Waals surface area contributed by atoms with E-state index in [2.05, 4.69) is 10.2 Å². The average Bonchev–Trinajstić information content (AvgIpc) is 2.73. The Morgan fingerprint density at radius 3 is 2.95 bits per heavy atom. The van der Waals surface area contributed by atoms with Crippen LogP contribution >= 0.6 is 0 Å². The number of anilines is 1. The number of amides is 1. The van der Waals surface area contributed by atoms with E-state index in [1.54, 1.807) is 11.0 Å². The number of morpholine rings is 1. The predicted molar refractivity (Wildman–Crippen MR) is 69.5 cm³/mol. The van der Waals surface area contributed by atoms with Gasteiger partial charge in [-0.15, -0.1) is 0 Å². The van der Waals surface area contributed by atoms with Crippen LogP contribution in [0.3, 0.4) is 0 Å². The minimum Gasteiger partial charge on any atom is -0.444 e. The molecule has 7 nitrogen and oxygen atoms in total. The minimum absolute atomic E-state index is 0.242. The number of nitrogens with one attached hydrogen (secondary N) is 1. The van der Waals surface area contributed by atoms with Crippen molar-refractivity contribution in [2.45, 2.75) is 32.4 Å². The second-order valence-corrected chi connectivity index (χ2v) is 5.51. The molecular formula is C12H20N4O3. The summed E-state index contributed by atoms with van der Waals surface area (Å²) >= 11 is 0. The third kappa shape index (κ3) is 3.37. The van der Waals surface area contributed by atoms with Crippen LogP contribution in [0.5, 0.6) is 0 Å². The van der Waals surface area contributed by atoms with Crippen molar-refractivity contribution in [3.8, 4) is 0 Å². The van der Waals surface area contributed by atoms with Gasteiger partial charge in [0.15, 0.2) is 0 Å². The first kappa shape index (κ1) is 13.7. The van der Waals surface area contributed by atoms with Crippen molar-refractivity contribution < 1.29 is 14.3 Å². The molecule has 1 amide bonds. The van der Waals surface area contributed by atoms with Gasteiger partial charge in [0.2, 0.25) is 0 Å². The zero-order chi connectivity index (χ0) is 14.0. The zero-order valence-corrected chi connectivity index (χ0v) is 11.5. The maximum atomic E-state index is 12.2. The number of rotatable bonds is 1. The largest absolute Gasteiger partial charge is 0.444 e. The fourth-order valence-corrected chi connectivity index (χ4v) is 1.92. The summed E-state index contributed by atoms with van der Waals surface area (Å²) in [7, 11) is 0. The molecule has 0 aromatic carbocycles. The fourth-order valence-electron chi connectivity index (χ4n) is 1.92. The third-order valence-electron chi connectivity index (χ3n) is 2.73. The monoisotopic (exact) mass is 268 g/mol. The Balaban J connectivity index is 2.14. The van der Waals surface area contributed by atoms with Crippen LogP contribution < -0.4 is 5.73 Å². The number of nitrogen functional groups attached to an aromatic ring is 1. The molecule has 106 valence electrons. The highest BCUT2D eigenvalue weighted by atomic mass is 16.6. The Morgan fingerprint density at radius 2 is 2.37 bits per heavy atom. The zero-order valence-electron chi connectivity index (χ0n) is 11.5. The standard InChI is InChI=1S/C12H20N4O3/c1-12(2,3)19-11(17)16-4-5-18-7-9(16)8-6-10(13)15-14-8/h6,9H,4-5,7H2,1-3H3,(H3,13,14,15)/t9-/m0/s1. The van der Waals surface area contributed by atoms with E-state index in [-0.39, 0.29) is 12.1 Å². The molecule has 0 aliphatic carbocycles. The van der Waals surface area contributed by atoms with Gasteiger partial charge in [-0.2, -0.15) is 5.10 Å². The fraction of sp³-hybridized carbons (Fsp3) is 0.667. The van der Waals surface area contributed by atoms with Crippen molar-refractivity contribution in [2.24, 2.45) is 0 Å². The van der Waals surface area contributed by atoms with E-state index in [9.17, 15) is 4.79 Å². The number of hydrogen-bond acceptors (Lipinski definition) is 5. The molecule has 1 saturated heterocycles. The number of nitrogens with two attached hydrogens (primary N) is 1. The van der Waals surface area contributed by atoms with Crippen LogP contribution in [0.1, 0.15) is 32.5 Å². The summed E-state index contributed by atoms with van der Waals surface area (Å²) in [6, 6.07) is 1.46. The van der Waals surface area contributed by atoms with E-state index < -0.39 is 5.60 Å². The summed E-state index contributed by atoms with van der Waals surface area (Å²) < 4.78 is 10.8. The lowest BCUT2D eigenvalue weighted by molar-refractivity contribution is -0.0340. The van der Waals surface area contributed by atoms with Gasteiger partial charge in [-0.05, 0) is 20.8 Å². The Kier molecular flexibility index (Phi) is 3.66. The number of H-pyrrole nitrogens is 1. The van der Waals surface area contributed by atoms with Crippen molar-refractivity contribution in [1.82, 2.24) is 15.1 Å². The average molecular weight is 268 g/mol. The van der Waals surface area contributed by atoms with Crippen molar-refractivity contribution in [2.75, 3.05) is 25.5 Å². The number of carbonyl (C=O) groups excluding carboxylic acids is 1. The maximum absolute atomic E-state index is 12.2. The Hall–Kier alpha value is -1.76. The Morgan fingerprint density at radius 1 is 1.63 bits per heavy atom. The maximum Gasteiger partial charge on any atom is 0.411 e. The molecule has 1 aliphatic heterocycles. The molecule has 19 heavy (non-hydrogen) atoms. The predicted octanol–water partition coefficient (Wildman–Crippen LogP) is 1.30. The van der Waals surface area contributed by atoms with Gasteiger partial charge in [-0.1, -0.05) is 0 Å².